The Morgan fingerprint density at radius 2 is 1.74 bits per heavy atom. The molecule has 0 spiro atoms. The van der Waals surface area contributed by atoms with Crippen LogP contribution in [0.3, 0.4) is 0 Å². The average Bonchev–Trinajstić information content (AvgIpc) is 2.55. The molecule has 23 heavy (non-hydrogen) atoms. The summed E-state index contributed by atoms with van der Waals surface area (Å²) in [5, 5.41) is 8.92. The number of aromatic amines is 1. The molecule has 0 bridgehead atoms. The summed E-state index contributed by atoms with van der Waals surface area (Å²) in [7, 11) is 0. The van der Waals surface area contributed by atoms with Crippen molar-refractivity contribution in [3.8, 4) is 28.5 Å². The van der Waals surface area contributed by atoms with E-state index in [-0.39, 0.29) is 5.56 Å². The van der Waals surface area contributed by atoms with Crippen molar-refractivity contribution in [3.63, 3.8) is 0 Å². The summed E-state index contributed by atoms with van der Waals surface area (Å²) in [5.41, 5.74) is 3.80. The molecule has 0 aliphatic heterocycles. The Balaban J connectivity index is 2.25. The number of hydrogen-bond donors (Lipinski definition) is 1. The molecule has 0 saturated heterocycles. The Hall–Kier alpha value is -3.26. The van der Waals surface area contributed by atoms with E-state index in [1.54, 1.807) is 37.4 Å². The Bertz CT molecular complexity index is 948. The van der Waals surface area contributed by atoms with Crippen molar-refractivity contribution in [2.24, 2.45) is 0 Å². The molecule has 3 aromatic rings. The maximum atomic E-state index is 12.5. The summed E-state index contributed by atoms with van der Waals surface area (Å²) in [6, 6.07) is 12.8. The van der Waals surface area contributed by atoms with Crippen molar-refractivity contribution >= 4 is 0 Å². The summed E-state index contributed by atoms with van der Waals surface area (Å²) in [6.45, 7) is 3.63. The van der Waals surface area contributed by atoms with Crippen LogP contribution in [0.1, 0.15) is 17.1 Å². The van der Waals surface area contributed by atoms with Gasteiger partial charge in [0, 0.05) is 23.0 Å². The third-order valence-corrected chi connectivity index (χ3v) is 3.53. The minimum absolute atomic E-state index is 0.206. The number of pyridine rings is 1. The number of benzene rings is 1. The van der Waals surface area contributed by atoms with Gasteiger partial charge in [0.1, 0.15) is 5.82 Å². The van der Waals surface area contributed by atoms with Crippen LogP contribution in [0.2, 0.25) is 0 Å². The predicted molar refractivity (Wildman–Crippen MR) is 87.7 cm³/mol. The Morgan fingerprint density at radius 3 is 2.35 bits per heavy atom. The van der Waals surface area contributed by atoms with Gasteiger partial charge in [-0.1, -0.05) is 18.2 Å². The molecule has 2 heterocycles. The predicted octanol–water partition coefficient (Wildman–Crippen LogP) is 2.99. The number of H-pyrrole nitrogens is 1. The van der Waals surface area contributed by atoms with Crippen LogP contribution < -0.4 is 5.56 Å². The van der Waals surface area contributed by atoms with Crippen LogP contribution in [0, 0.1) is 25.2 Å². The zero-order valence-electron chi connectivity index (χ0n) is 12.8. The van der Waals surface area contributed by atoms with Crippen LogP contribution in [0.5, 0.6) is 0 Å². The highest BCUT2D eigenvalue weighted by atomic mass is 16.1. The maximum absolute atomic E-state index is 12.5. The number of nitrogens with one attached hydrogen (secondary N) is 1. The molecule has 3 rings (SSSR count). The first-order chi connectivity index (χ1) is 11.1. The lowest BCUT2D eigenvalue weighted by Gasteiger charge is -2.09. The summed E-state index contributed by atoms with van der Waals surface area (Å²) in [5.74, 6) is 0.540. The van der Waals surface area contributed by atoms with Gasteiger partial charge in [-0.3, -0.25) is 9.78 Å². The summed E-state index contributed by atoms with van der Waals surface area (Å²) < 4.78 is 0. The third kappa shape index (κ3) is 2.87. The van der Waals surface area contributed by atoms with Crippen molar-refractivity contribution < 1.29 is 0 Å². The molecule has 1 aromatic carbocycles. The van der Waals surface area contributed by atoms with Gasteiger partial charge in [-0.2, -0.15) is 5.26 Å². The van der Waals surface area contributed by atoms with Gasteiger partial charge < -0.3 is 4.98 Å². The van der Waals surface area contributed by atoms with Crippen LogP contribution in [-0.4, -0.2) is 15.0 Å². The summed E-state index contributed by atoms with van der Waals surface area (Å²) in [4.78, 5) is 24.0. The van der Waals surface area contributed by atoms with Gasteiger partial charge in [-0.15, -0.1) is 0 Å². The van der Waals surface area contributed by atoms with E-state index in [2.05, 4.69) is 21.0 Å². The van der Waals surface area contributed by atoms with Crippen LogP contribution >= 0.6 is 0 Å². The molecule has 0 fully saturated rings. The van der Waals surface area contributed by atoms with Crippen LogP contribution in [-0.2, 0) is 0 Å². The minimum Gasteiger partial charge on any atom is -0.310 e. The molecule has 0 saturated carbocycles. The van der Waals surface area contributed by atoms with Crippen molar-refractivity contribution in [1.82, 2.24) is 15.0 Å². The van der Waals surface area contributed by atoms with E-state index in [0.29, 0.717) is 28.2 Å². The van der Waals surface area contributed by atoms with Gasteiger partial charge in [0.15, 0.2) is 0 Å². The second-order valence-corrected chi connectivity index (χ2v) is 5.25. The normalized spacial score (nSPS) is 10.3. The van der Waals surface area contributed by atoms with Gasteiger partial charge in [0.25, 0.3) is 5.56 Å². The number of rotatable bonds is 2. The minimum atomic E-state index is -0.206. The first kappa shape index (κ1) is 14.7. The monoisotopic (exact) mass is 302 g/mol. The highest BCUT2D eigenvalue weighted by Crippen LogP contribution is 2.27. The number of nitriles is 1. The number of hydrogen-bond acceptors (Lipinski definition) is 4. The van der Waals surface area contributed by atoms with E-state index in [0.717, 1.165) is 11.3 Å². The summed E-state index contributed by atoms with van der Waals surface area (Å²) >= 11 is 0. The van der Waals surface area contributed by atoms with E-state index >= 15 is 0 Å². The first-order valence-corrected chi connectivity index (χ1v) is 7.13. The van der Waals surface area contributed by atoms with Gasteiger partial charge in [-0.05, 0) is 32.0 Å². The van der Waals surface area contributed by atoms with Crippen molar-refractivity contribution in [3.05, 3.63) is 70.0 Å². The number of nitrogens with zero attached hydrogens (tertiary/aromatic N) is 3. The van der Waals surface area contributed by atoms with Crippen LogP contribution in [0.15, 0.2) is 47.4 Å². The molecule has 0 atom stereocenters. The molecular weight excluding hydrogens is 288 g/mol. The molecule has 0 aliphatic carbocycles. The van der Waals surface area contributed by atoms with Crippen LogP contribution in [0.25, 0.3) is 22.4 Å². The average molecular weight is 302 g/mol. The maximum Gasteiger partial charge on any atom is 0.259 e. The van der Waals surface area contributed by atoms with Crippen molar-refractivity contribution in [2.75, 3.05) is 0 Å². The van der Waals surface area contributed by atoms with E-state index in [1.165, 1.54) is 0 Å². The highest BCUT2D eigenvalue weighted by molar-refractivity contribution is 5.79. The molecule has 2 aromatic heterocycles. The molecule has 1 N–H and O–H groups in total. The molecule has 5 nitrogen and oxygen atoms in total. The fraction of sp³-hybridized carbons (Fsp3) is 0.111. The molecule has 112 valence electrons. The standard InChI is InChI=1S/C18H14N4O/c1-11-3-6-15(10-20-11)16-17(21-12(2)22-18(16)23)14-7-4-13(9-19)5-8-14/h3-8,10H,1-2H3,(H,21,22,23). The van der Waals surface area contributed by atoms with Crippen molar-refractivity contribution in [2.45, 2.75) is 13.8 Å². The lowest BCUT2D eigenvalue weighted by atomic mass is 10.0. The highest BCUT2D eigenvalue weighted by Gasteiger charge is 2.14. The Labute approximate surface area is 133 Å². The third-order valence-electron chi connectivity index (χ3n) is 3.53. The molecule has 5 heteroatoms. The van der Waals surface area contributed by atoms with Gasteiger partial charge >= 0.3 is 0 Å². The van der Waals surface area contributed by atoms with E-state index in [1.807, 2.05) is 19.1 Å². The molecular formula is C18H14N4O. The van der Waals surface area contributed by atoms with Crippen molar-refractivity contribution in [1.29, 1.82) is 5.26 Å². The fourth-order valence-electron chi connectivity index (χ4n) is 2.38. The molecule has 0 aliphatic rings. The zero-order valence-corrected chi connectivity index (χ0v) is 12.8. The Morgan fingerprint density at radius 1 is 1.04 bits per heavy atom. The van der Waals surface area contributed by atoms with Crippen LogP contribution in [0.4, 0.5) is 0 Å². The number of aryl methyl sites for hydroxylation is 2. The van der Waals surface area contributed by atoms with Gasteiger partial charge in [0.05, 0.1) is 22.9 Å². The fourth-order valence-corrected chi connectivity index (χ4v) is 2.38. The lowest BCUT2D eigenvalue weighted by molar-refractivity contribution is 1.03. The molecule has 0 radical (unpaired) electrons. The first-order valence-electron chi connectivity index (χ1n) is 7.13. The lowest BCUT2D eigenvalue weighted by Crippen LogP contribution is -2.14. The molecule has 0 unspecified atom stereocenters. The van der Waals surface area contributed by atoms with Gasteiger partial charge in [-0.25, -0.2) is 4.98 Å². The van der Waals surface area contributed by atoms with E-state index in [4.69, 9.17) is 5.26 Å². The number of aromatic nitrogens is 3. The quantitative estimate of drug-likeness (QED) is 0.789. The Kier molecular flexibility index (Phi) is 3.73. The van der Waals surface area contributed by atoms with Gasteiger partial charge in [0.2, 0.25) is 0 Å². The second-order valence-electron chi connectivity index (χ2n) is 5.25. The summed E-state index contributed by atoms with van der Waals surface area (Å²) in [6.07, 6.45) is 1.67. The smallest absolute Gasteiger partial charge is 0.259 e. The second kappa shape index (κ2) is 5.85. The molecule has 0 amide bonds. The topological polar surface area (TPSA) is 82.4 Å². The SMILES string of the molecule is Cc1ccc(-c2c(-c3ccc(C#N)cc3)nc(C)[nH]c2=O)cn1. The largest absolute Gasteiger partial charge is 0.310 e. The van der Waals surface area contributed by atoms with E-state index in [9.17, 15) is 4.79 Å². The zero-order chi connectivity index (χ0) is 16.4. The van der Waals surface area contributed by atoms with E-state index < -0.39 is 0 Å².